The highest BCUT2D eigenvalue weighted by Crippen LogP contribution is 2.28. The van der Waals surface area contributed by atoms with Gasteiger partial charge in [-0.05, 0) is 37.5 Å². The Bertz CT molecular complexity index is 272. The first-order valence-corrected chi connectivity index (χ1v) is 6.26. The number of amides is 1. The molecule has 1 rings (SSSR count). The normalized spacial score (nSPS) is 31.5. The molecule has 1 aliphatic rings. The van der Waals surface area contributed by atoms with Crippen LogP contribution in [0.5, 0.6) is 0 Å². The Morgan fingerprint density at radius 1 is 1.38 bits per heavy atom. The summed E-state index contributed by atoms with van der Waals surface area (Å²) in [7, 11) is 0. The van der Waals surface area contributed by atoms with Crippen LogP contribution in [0, 0.1) is 29.1 Å². The van der Waals surface area contributed by atoms with Gasteiger partial charge in [0.2, 0.25) is 5.91 Å². The lowest BCUT2D eigenvalue weighted by Crippen LogP contribution is -2.42. The van der Waals surface area contributed by atoms with Gasteiger partial charge < -0.3 is 5.32 Å². The molecule has 1 saturated carbocycles. The Labute approximate surface area is 98.2 Å². The van der Waals surface area contributed by atoms with Crippen LogP contribution in [0.1, 0.15) is 46.5 Å². The summed E-state index contributed by atoms with van der Waals surface area (Å²) in [5.41, 5.74) is 0. The molecule has 1 amide bonds. The van der Waals surface area contributed by atoms with Crippen LogP contribution in [-0.4, -0.2) is 11.9 Å². The average Bonchev–Trinajstić information content (AvgIpc) is 2.17. The monoisotopic (exact) mass is 222 g/mol. The highest BCUT2D eigenvalue weighted by molar-refractivity contribution is 5.81. The van der Waals surface area contributed by atoms with Gasteiger partial charge in [-0.1, -0.05) is 20.8 Å². The Morgan fingerprint density at radius 2 is 1.94 bits per heavy atom. The minimum absolute atomic E-state index is 0.0868. The minimum Gasteiger partial charge on any atom is -0.352 e. The van der Waals surface area contributed by atoms with Crippen molar-refractivity contribution >= 4 is 5.91 Å². The molecular formula is C13H22N2O. The van der Waals surface area contributed by atoms with E-state index in [0.29, 0.717) is 18.3 Å². The highest BCUT2D eigenvalue weighted by atomic mass is 16.1. The molecule has 1 aliphatic carbocycles. The second kappa shape index (κ2) is 5.89. The zero-order chi connectivity index (χ0) is 12.1. The molecule has 3 heteroatoms. The minimum atomic E-state index is -0.479. The van der Waals surface area contributed by atoms with Gasteiger partial charge in [0.05, 0.1) is 6.07 Å². The maximum absolute atomic E-state index is 11.8. The Morgan fingerprint density at radius 3 is 2.38 bits per heavy atom. The van der Waals surface area contributed by atoms with Crippen molar-refractivity contribution in [3.8, 4) is 6.07 Å². The molecule has 0 spiro atoms. The molecule has 0 bridgehead atoms. The van der Waals surface area contributed by atoms with Crippen molar-refractivity contribution in [2.75, 3.05) is 0 Å². The van der Waals surface area contributed by atoms with E-state index in [1.165, 1.54) is 6.42 Å². The van der Waals surface area contributed by atoms with Crippen molar-refractivity contribution in [3.63, 3.8) is 0 Å². The molecule has 0 aromatic carbocycles. The standard InChI is InChI=1S/C13H22N2O/c1-4-11(8-14)13(16)15-12-6-9(2)5-10(3)7-12/h9-12H,4-7H2,1-3H3,(H,15,16). The summed E-state index contributed by atoms with van der Waals surface area (Å²) < 4.78 is 0. The summed E-state index contributed by atoms with van der Waals surface area (Å²) in [6.45, 7) is 6.34. The van der Waals surface area contributed by atoms with E-state index >= 15 is 0 Å². The van der Waals surface area contributed by atoms with Gasteiger partial charge in [0, 0.05) is 6.04 Å². The smallest absolute Gasteiger partial charge is 0.237 e. The number of carbonyl (C=O) groups excluding carboxylic acids is 1. The molecular weight excluding hydrogens is 200 g/mol. The van der Waals surface area contributed by atoms with Gasteiger partial charge in [-0.15, -0.1) is 0 Å². The quantitative estimate of drug-likeness (QED) is 0.797. The number of nitrogens with zero attached hydrogens (tertiary/aromatic N) is 1. The predicted octanol–water partition coefficient (Wildman–Crippen LogP) is 2.48. The molecule has 0 aromatic heterocycles. The third-order valence-corrected chi connectivity index (χ3v) is 3.41. The lowest BCUT2D eigenvalue weighted by Gasteiger charge is -2.32. The number of hydrogen-bond acceptors (Lipinski definition) is 2. The van der Waals surface area contributed by atoms with Crippen molar-refractivity contribution in [3.05, 3.63) is 0 Å². The number of nitriles is 1. The fourth-order valence-corrected chi connectivity index (χ4v) is 2.70. The number of hydrogen-bond donors (Lipinski definition) is 1. The van der Waals surface area contributed by atoms with Crippen LogP contribution in [-0.2, 0) is 4.79 Å². The number of nitrogens with one attached hydrogen (secondary N) is 1. The van der Waals surface area contributed by atoms with Gasteiger partial charge in [-0.25, -0.2) is 0 Å². The average molecular weight is 222 g/mol. The van der Waals surface area contributed by atoms with E-state index in [-0.39, 0.29) is 11.9 Å². The van der Waals surface area contributed by atoms with Crippen molar-refractivity contribution in [1.29, 1.82) is 5.26 Å². The summed E-state index contributed by atoms with van der Waals surface area (Å²) in [5, 5.41) is 11.8. The maximum atomic E-state index is 11.8. The van der Waals surface area contributed by atoms with E-state index in [0.717, 1.165) is 12.8 Å². The molecule has 90 valence electrons. The van der Waals surface area contributed by atoms with Crippen LogP contribution in [0.4, 0.5) is 0 Å². The van der Waals surface area contributed by atoms with Crippen LogP contribution in [0.3, 0.4) is 0 Å². The lowest BCUT2D eigenvalue weighted by atomic mass is 9.80. The van der Waals surface area contributed by atoms with Crippen LogP contribution in [0.25, 0.3) is 0 Å². The third kappa shape index (κ3) is 3.52. The van der Waals surface area contributed by atoms with Crippen LogP contribution >= 0.6 is 0 Å². The van der Waals surface area contributed by atoms with E-state index in [1.807, 2.05) is 6.92 Å². The third-order valence-electron chi connectivity index (χ3n) is 3.41. The van der Waals surface area contributed by atoms with Crippen molar-refractivity contribution in [2.24, 2.45) is 17.8 Å². The van der Waals surface area contributed by atoms with Crippen molar-refractivity contribution in [2.45, 2.75) is 52.5 Å². The fraction of sp³-hybridized carbons (Fsp3) is 0.846. The summed E-state index contributed by atoms with van der Waals surface area (Å²) in [5.74, 6) is 0.788. The van der Waals surface area contributed by atoms with Crippen LogP contribution in [0.2, 0.25) is 0 Å². The zero-order valence-electron chi connectivity index (χ0n) is 10.5. The van der Waals surface area contributed by atoms with E-state index in [2.05, 4.69) is 25.2 Å². The molecule has 1 fully saturated rings. The molecule has 3 unspecified atom stereocenters. The zero-order valence-corrected chi connectivity index (χ0v) is 10.5. The van der Waals surface area contributed by atoms with Crippen molar-refractivity contribution in [1.82, 2.24) is 5.32 Å². The molecule has 3 nitrogen and oxygen atoms in total. The second-order valence-electron chi connectivity index (χ2n) is 5.21. The number of rotatable bonds is 3. The van der Waals surface area contributed by atoms with Gasteiger partial charge in [0.1, 0.15) is 5.92 Å². The van der Waals surface area contributed by atoms with Gasteiger partial charge in [-0.2, -0.15) is 5.26 Å². The number of carbonyl (C=O) groups is 1. The highest BCUT2D eigenvalue weighted by Gasteiger charge is 2.26. The first-order valence-electron chi connectivity index (χ1n) is 6.26. The lowest BCUT2D eigenvalue weighted by molar-refractivity contribution is -0.124. The fourth-order valence-electron chi connectivity index (χ4n) is 2.70. The first kappa shape index (κ1) is 13.0. The molecule has 0 aliphatic heterocycles. The van der Waals surface area contributed by atoms with Crippen LogP contribution < -0.4 is 5.32 Å². The molecule has 3 atom stereocenters. The topological polar surface area (TPSA) is 52.9 Å². The summed E-state index contributed by atoms with van der Waals surface area (Å²) in [6, 6.07) is 2.32. The van der Waals surface area contributed by atoms with Gasteiger partial charge in [-0.3, -0.25) is 4.79 Å². The SMILES string of the molecule is CCC(C#N)C(=O)NC1CC(C)CC(C)C1. The summed E-state index contributed by atoms with van der Waals surface area (Å²) in [4.78, 5) is 11.8. The van der Waals surface area contributed by atoms with E-state index < -0.39 is 5.92 Å². The van der Waals surface area contributed by atoms with Crippen LogP contribution in [0.15, 0.2) is 0 Å². The summed E-state index contributed by atoms with van der Waals surface area (Å²) >= 11 is 0. The molecule has 0 aromatic rings. The van der Waals surface area contributed by atoms with E-state index in [4.69, 9.17) is 5.26 Å². The molecule has 16 heavy (non-hydrogen) atoms. The summed E-state index contributed by atoms with van der Waals surface area (Å²) in [6.07, 6.45) is 3.96. The van der Waals surface area contributed by atoms with Gasteiger partial charge in [0.25, 0.3) is 0 Å². The van der Waals surface area contributed by atoms with Gasteiger partial charge >= 0.3 is 0 Å². The molecule has 1 N–H and O–H groups in total. The molecule has 0 saturated heterocycles. The Hall–Kier alpha value is -1.04. The second-order valence-corrected chi connectivity index (χ2v) is 5.21. The molecule has 0 radical (unpaired) electrons. The largest absolute Gasteiger partial charge is 0.352 e. The maximum Gasteiger partial charge on any atom is 0.237 e. The van der Waals surface area contributed by atoms with Crippen molar-refractivity contribution < 1.29 is 4.79 Å². The molecule has 0 heterocycles. The predicted molar refractivity (Wildman–Crippen MR) is 63.5 cm³/mol. The van der Waals surface area contributed by atoms with Gasteiger partial charge in [0.15, 0.2) is 0 Å². The Balaban J connectivity index is 2.47. The first-order chi connectivity index (χ1) is 7.56. The Kier molecular flexibility index (Phi) is 4.79. The van der Waals surface area contributed by atoms with E-state index in [9.17, 15) is 4.79 Å². The van der Waals surface area contributed by atoms with E-state index in [1.54, 1.807) is 0 Å².